The van der Waals surface area contributed by atoms with Gasteiger partial charge in [0, 0.05) is 29.5 Å². The topological polar surface area (TPSA) is 105 Å². The molecule has 8 nitrogen and oxygen atoms in total. The van der Waals surface area contributed by atoms with Gasteiger partial charge in [0.25, 0.3) is 0 Å². The van der Waals surface area contributed by atoms with Crippen LogP contribution in [0.25, 0.3) is 0 Å². The monoisotopic (exact) mass is 361 g/mol. The van der Waals surface area contributed by atoms with E-state index in [0.29, 0.717) is 23.5 Å². The highest BCUT2D eigenvalue weighted by atomic mass is 16.5. The molecule has 0 bridgehead atoms. The molecule has 0 fully saturated rings. The number of amides is 3. The van der Waals surface area contributed by atoms with Crippen LogP contribution in [0.4, 0.5) is 21.9 Å². The number of ether oxygens (including phenoxy) is 1. The molecule has 1 aliphatic heterocycles. The molecule has 0 radical (unpaired) electrons. The number of nitrogens with zero attached hydrogens (tertiary/aromatic N) is 2. The molecule has 3 amide bonds. The molecule has 1 aromatic heterocycles. The van der Waals surface area contributed by atoms with Crippen LogP contribution in [0.5, 0.6) is 11.8 Å². The van der Waals surface area contributed by atoms with E-state index in [9.17, 15) is 9.59 Å². The Morgan fingerprint density at radius 2 is 1.70 bits per heavy atom. The van der Waals surface area contributed by atoms with Gasteiger partial charge >= 0.3 is 12.0 Å². The first kappa shape index (κ1) is 16.5. The number of nitrogens with one attached hydrogen (secondary N) is 3. The summed E-state index contributed by atoms with van der Waals surface area (Å²) in [4.78, 5) is 31.5. The number of fused-ring (bicyclic) bond motifs is 1. The molecule has 0 aliphatic carbocycles. The van der Waals surface area contributed by atoms with E-state index in [1.807, 2.05) is 0 Å². The predicted molar refractivity (Wildman–Crippen MR) is 100.0 cm³/mol. The van der Waals surface area contributed by atoms with Gasteiger partial charge in [-0.25, -0.2) is 14.8 Å². The second kappa shape index (κ2) is 7.12. The Kier molecular flexibility index (Phi) is 4.36. The maximum Gasteiger partial charge on any atom is 0.323 e. The molecule has 3 N–H and O–H groups in total. The Bertz CT molecular complexity index is 990. The molecule has 1 aliphatic rings. The van der Waals surface area contributed by atoms with Crippen LogP contribution < -0.4 is 20.7 Å². The summed E-state index contributed by atoms with van der Waals surface area (Å²) in [6, 6.07) is 13.7. The van der Waals surface area contributed by atoms with Crippen LogP contribution in [-0.2, 0) is 11.2 Å². The summed E-state index contributed by atoms with van der Waals surface area (Å²) in [5, 5.41) is 8.24. The van der Waals surface area contributed by atoms with Gasteiger partial charge in [0.15, 0.2) is 0 Å². The standard InChI is InChI=1S/C19H15N5O3/c25-17-11-12-10-14(4-7-16(12)24-17)23-18(26)22-13-2-5-15(6-3-13)27-19-20-8-1-9-21-19/h1-10H,11H2,(H,24,25)(H2,22,23,26). The van der Waals surface area contributed by atoms with Crippen LogP contribution in [-0.4, -0.2) is 21.9 Å². The van der Waals surface area contributed by atoms with Crippen molar-refractivity contribution in [2.75, 3.05) is 16.0 Å². The lowest BCUT2D eigenvalue weighted by molar-refractivity contribution is -0.115. The van der Waals surface area contributed by atoms with Crippen LogP contribution in [0, 0.1) is 0 Å². The van der Waals surface area contributed by atoms with Gasteiger partial charge in [-0.05, 0) is 54.1 Å². The molecule has 0 saturated heterocycles. The molecule has 27 heavy (non-hydrogen) atoms. The fourth-order valence-corrected chi connectivity index (χ4v) is 2.65. The molecule has 0 saturated carbocycles. The Morgan fingerprint density at radius 1 is 1.00 bits per heavy atom. The average Bonchev–Trinajstić information content (AvgIpc) is 3.03. The lowest BCUT2D eigenvalue weighted by Gasteiger charge is -2.09. The minimum atomic E-state index is -0.382. The van der Waals surface area contributed by atoms with Crippen molar-refractivity contribution in [1.29, 1.82) is 0 Å². The predicted octanol–water partition coefficient (Wildman–Crippen LogP) is 3.41. The van der Waals surface area contributed by atoms with Gasteiger partial charge in [0.1, 0.15) is 5.75 Å². The van der Waals surface area contributed by atoms with Crippen LogP contribution >= 0.6 is 0 Å². The largest absolute Gasteiger partial charge is 0.424 e. The fraction of sp³-hybridized carbons (Fsp3) is 0.0526. The van der Waals surface area contributed by atoms with E-state index in [-0.39, 0.29) is 17.9 Å². The maximum atomic E-state index is 12.2. The SMILES string of the molecule is O=C1Cc2cc(NC(=O)Nc3ccc(Oc4ncccn4)cc3)ccc2N1. The van der Waals surface area contributed by atoms with E-state index in [1.165, 1.54) is 0 Å². The molecule has 0 atom stereocenters. The van der Waals surface area contributed by atoms with Crippen molar-refractivity contribution in [1.82, 2.24) is 9.97 Å². The van der Waals surface area contributed by atoms with Crippen molar-refractivity contribution in [3.05, 3.63) is 66.5 Å². The highest BCUT2D eigenvalue weighted by molar-refractivity contribution is 6.02. The quantitative estimate of drug-likeness (QED) is 0.660. The second-order valence-electron chi connectivity index (χ2n) is 5.83. The highest BCUT2D eigenvalue weighted by Crippen LogP contribution is 2.26. The second-order valence-corrected chi connectivity index (χ2v) is 5.83. The van der Waals surface area contributed by atoms with Gasteiger partial charge < -0.3 is 20.7 Å². The van der Waals surface area contributed by atoms with Crippen LogP contribution in [0.2, 0.25) is 0 Å². The summed E-state index contributed by atoms with van der Waals surface area (Å²) >= 11 is 0. The summed E-state index contributed by atoms with van der Waals surface area (Å²) in [7, 11) is 0. The van der Waals surface area contributed by atoms with Gasteiger partial charge in [-0.1, -0.05) is 0 Å². The van der Waals surface area contributed by atoms with Crippen molar-refractivity contribution in [3.8, 4) is 11.8 Å². The zero-order valence-corrected chi connectivity index (χ0v) is 14.1. The normalized spacial score (nSPS) is 12.1. The summed E-state index contributed by atoms with van der Waals surface area (Å²) in [5.74, 6) is 0.512. The zero-order chi connectivity index (χ0) is 18.6. The first-order valence-electron chi connectivity index (χ1n) is 8.21. The van der Waals surface area contributed by atoms with E-state index >= 15 is 0 Å². The fourth-order valence-electron chi connectivity index (χ4n) is 2.65. The van der Waals surface area contributed by atoms with E-state index in [1.54, 1.807) is 60.9 Å². The number of benzene rings is 2. The number of anilines is 3. The molecular formula is C19H15N5O3. The van der Waals surface area contributed by atoms with Gasteiger partial charge in [0.05, 0.1) is 6.42 Å². The smallest absolute Gasteiger partial charge is 0.323 e. The van der Waals surface area contributed by atoms with E-state index < -0.39 is 0 Å². The molecule has 2 aromatic carbocycles. The molecule has 4 rings (SSSR count). The van der Waals surface area contributed by atoms with Gasteiger partial charge in [-0.3, -0.25) is 4.79 Å². The first-order valence-corrected chi connectivity index (χ1v) is 8.21. The Labute approximate surface area is 154 Å². The van der Waals surface area contributed by atoms with Crippen molar-refractivity contribution < 1.29 is 14.3 Å². The third-order valence-corrected chi connectivity index (χ3v) is 3.85. The van der Waals surface area contributed by atoms with E-state index in [0.717, 1.165) is 11.3 Å². The molecule has 0 spiro atoms. The molecular weight excluding hydrogens is 346 g/mol. The number of hydrogen-bond donors (Lipinski definition) is 3. The van der Waals surface area contributed by atoms with Crippen molar-refractivity contribution >= 4 is 29.0 Å². The summed E-state index contributed by atoms with van der Waals surface area (Å²) in [6.07, 6.45) is 3.50. The Balaban J connectivity index is 1.36. The van der Waals surface area contributed by atoms with Crippen molar-refractivity contribution in [2.45, 2.75) is 6.42 Å². The Hall–Kier alpha value is -3.94. The van der Waals surface area contributed by atoms with Gasteiger partial charge in [0.2, 0.25) is 5.91 Å². The molecule has 2 heterocycles. The summed E-state index contributed by atoms with van der Waals surface area (Å²) in [6.45, 7) is 0. The van der Waals surface area contributed by atoms with E-state index in [4.69, 9.17) is 4.74 Å². The van der Waals surface area contributed by atoms with Crippen molar-refractivity contribution in [2.24, 2.45) is 0 Å². The first-order chi connectivity index (χ1) is 13.2. The third kappa shape index (κ3) is 4.01. The summed E-state index contributed by atoms with van der Waals surface area (Å²) in [5.41, 5.74) is 2.86. The Morgan fingerprint density at radius 3 is 2.48 bits per heavy atom. The van der Waals surface area contributed by atoms with Gasteiger partial charge in [-0.15, -0.1) is 0 Å². The number of carbonyl (C=O) groups is 2. The van der Waals surface area contributed by atoms with E-state index in [2.05, 4.69) is 25.9 Å². The lowest BCUT2D eigenvalue weighted by Crippen LogP contribution is -2.19. The number of urea groups is 1. The number of rotatable bonds is 4. The van der Waals surface area contributed by atoms with Crippen LogP contribution in [0.3, 0.4) is 0 Å². The van der Waals surface area contributed by atoms with Crippen molar-refractivity contribution in [3.63, 3.8) is 0 Å². The minimum absolute atomic E-state index is 0.0465. The molecule has 134 valence electrons. The molecule has 0 unspecified atom stereocenters. The summed E-state index contributed by atoms with van der Waals surface area (Å²) < 4.78 is 5.50. The number of carbonyl (C=O) groups excluding carboxylic acids is 2. The van der Waals surface area contributed by atoms with Crippen LogP contribution in [0.15, 0.2) is 60.9 Å². The third-order valence-electron chi connectivity index (χ3n) is 3.85. The number of hydrogen-bond acceptors (Lipinski definition) is 5. The minimum Gasteiger partial charge on any atom is -0.424 e. The lowest BCUT2D eigenvalue weighted by atomic mass is 10.1. The van der Waals surface area contributed by atoms with Gasteiger partial charge in [-0.2, -0.15) is 0 Å². The maximum absolute atomic E-state index is 12.2. The molecule has 3 aromatic rings. The highest BCUT2D eigenvalue weighted by Gasteiger charge is 2.17. The molecule has 8 heteroatoms. The number of aromatic nitrogens is 2. The average molecular weight is 361 g/mol. The van der Waals surface area contributed by atoms with Crippen LogP contribution in [0.1, 0.15) is 5.56 Å². The zero-order valence-electron chi connectivity index (χ0n) is 14.1.